The lowest BCUT2D eigenvalue weighted by Crippen LogP contribution is -2.67. The predicted octanol–water partition coefficient (Wildman–Crippen LogP) is 7.10. The SMILES string of the molecule is CCC(C)C(=O)O[C@H]1C[C@@H]2CC[C@@H]3[C@H](CC[C@]45[C@H]6OC(=O)[C@@H]([C@H]4CC[C@@H]35)[C@@H](C[C@@H](CC)C(C)C)O6)[C@@]2(C)C[C@H]1OC(C)=O. The fourth-order valence-electron chi connectivity index (χ4n) is 11.6. The molecule has 0 aromatic rings. The summed E-state index contributed by atoms with van der Waals surface area (Å²) in [5, 5.41) is 0. The molecule has 4 saturated carbocycles. The monoisotopic (exact) mass is 600 g/mol. The van der Waals surface area contributed by atoms with Crippen LogP contribution in [0.4, 0.5) is 0 Å². The van der Waals surface area contributed by atoms with Gasteiger partial charge in [0.15, 0.2) is 0 Å². The first-order valence-electron chi connectivity index (χ1n) is 17.7. The highest BCUT2D eigenvalue weighted by molar-refractivity contribution is 5.76. The van der Waals surface area contributed by atoms with Crippen LogP contribution in [0.2, 0.25) is 0 Å². The maximum Gasteiger partial charge on any atom is 0.314 e. The minimum atomic E-state index is -0.409. The van der Waals surface area contributed by atoms with Crippen LogP contribution in [0.3, 0.4) is 0 Å². The van der Waals surface area contributed by atoms with E-state index in [2.05, 4.69) is 27.7 Å². The lowest BCUT2D eigenvalue weighted by Gasteiger charge is -2.65. The van der Waals surface area contributed by atoms with Gasteiger partial charge in [0.2, 0.25) is 6.29 Å². The molecule has 1 spiro atoms. The van der Waals surface area contributed by atoms with Gasteiger partial charge in [-0.3, -0.25) is 14.4 Å². The molecule has 0 aromatic carbocycles. The number of carbonyl (C=O) groups is 3. The molecule has 14 atom stereocenters. The highest BCUT2D eigenvalue weighted by Crippen LogP contribution is 2.72. The van der Waals surface area contributed by atoms with Crippen molar-refractivity contribution in [2.75, 3.05) is 0 Å². The molecular weight excluding hydrogens is 544 g/mol. The molecule has 3 saturated heterocycles. The Morgan fingerprint density at radius 3 is 2.37 bits per heavy atom. The van der Waals surface area contributed by atoms with Gasteiger partial charge in [0.1, 0.15) is 12.2 Å². The Balaban J connectivity index is 1.23. The van der Waals surface area contributed by atoms with Crippen molar-refractivity contribution in [2.24, 2.45) is 64.1 Å². The molecule has 2 bridgehead atoms. The van der Waals surface area contributed by atoms with E-state index >= 15 is 0 Å². The maximum absolute atomic E-state index is 13.4. The van der Waals surface area contributed by atoms with Crippen molar-refractivity contribution in [1.29, 1.82) is 0 Å². The van der Waals surface area contributed by atoms with E-state index in [1.807, 2.05) is 13.8 Å². The van der Waals surface area contributed by atoms with E-state index < -0.39 is 12.4 Å². The first-order chi connectivity index (χ1) is 20.4. The Morgan fingerprint density at radius 2 is 1.70 bits per heavy atom. The quantitative estimate of drug-likeness (QED) is 0.217. The van der Waals surface area contributed by atoms with E-state index in [1.54, 1.807) is 0 Å². The van der Waals surface area contributed by atoms with Crippen LogP contribution in [0.25, 0.3) is 0 Å². The minimum absolute atomic E-state index is 0.0107. The topological polar surface area (TPSA) is 88.1 Å². The second kappa shape index (κ2) is 11.6. The third-order valence-corrected chi connectivity index (χ3v) is 14.0. The number of ether oxygens (including phenoxy) is 4. The van der Waals surface area contributed by atoms with Crippen LogP contribution in [-0.2, 0) is 33.3 Å². The van der Waals surface area contributed by atoms with Gasteiger partial charge in [-0.05, 0) is 111 Å². The zero-order chi connectivity index (χ0) is 30.8. The fraction of sp³-hybridized carbons (Fsp3) is 0.917. The fourth-order valence-corrected chi connectivity index (χ4v) is 11.6. The molecule has 4 aliphatic carbocycles. The van der Waals surface area contributed by atoms with Gasteiger partial charge in [0.05, 0.1) is 17.9 Å². The van der Waals surface area contributed by atoms with Crippen molar-refractivity contribution in [3.63, 3.8) is 0 Å². The molecule has 3 aliphatic heterocycles. The van der Waals surface area contributed by atoms with Gasteiger partial charge in [-0.15, -0.1) is 0 Å². The smallest absolute Gasteiger partial charge is 0.314 e. The number of rotatable bonds is 8. The summed E-state index contributed by atoms with van der Waals surface area (Å²) in [7, 11) is 0. The summed E-state index contributed by atoms with van der Waals surface area (Å²) in [4.78, 5) is 38.4. The summed E-state index contributed by atoms with van der Waals surface area (Å²) in [6, 6.07) is 0. The van der Waals surface area contributed by atoms with E-state index in [0.29, 0.717) is 41.4 Å². The van der Waals surface area contributed by atoms with Crippen LogP contribution < -0.4 is 0 Å². The van der Waals surface area contributed by atoms with Crippen molar-refractivity contribution in [3.05, 3.63) is 0 Å². The van der Waals surface area contributed by atoms with E-state index in [4.69, 9.17) is 18.9 Å². The molecule has 1 unspecified atom stereocenters. The number of hydrogen-bond donors (Lipinski definition) is 0. The second-order valence-corrected chi connectivity index (χ2v) is 16.0. The van der Waals surface area contributed by atoms with Crippen LogP contribution >= 0.6 is 0 Å². The number of hydrogen-bond acceptors (Lipinski definition) is 7. The average molecular weight is 601 g/mol. The van der Waals surface area contributed by atoms with Crippen molar-refractivity contribution in [1.82, 2.24) is 0 Å². The van der Waals surface area contributed by atoms with Crippen molar-refractivity contribution < 1.29 is 33.3 Å². The Labute approximate surface area is 258 Å². The van der Waals surface area contributed by atoms with E-state index in [0.717, 1.165) is 70.6 Å². The first kappa shape index (κ1) is 31.4. The summed E-state index contributed by atoms with van der Waals surface area (Å²) in [5.74, 6) is 2.71. The van der Waals surface area contributed by atoms with Crippen LogP contribution in [-0.4, -0.2) is 42.5 Å². The highest BCUT2D eigenvalue weighted by atomic mass is 16.7. The summed E-state index contributed by atoms with van der Waals surface area (Å²) in [5.41, 5.74) is -0.0430. The Kier molecular flexibility index (Phi) is 8.48. The maximum atomic E-state index is 13.4. The minimum Gasteiger partial charge on any atom is -0.459 e. The van der Waals surface area contributed by atoms with Gasteiger partial charge in [0.25, 0.3) is 0 Å². The van der Waals surface area contributed by atoms with E-state index in [-0.39, 0.29) is 52.8 Å². The van der Waals surface area contributed by atoms with Crippen LogP contribution in [0, 0.1) is 64.1 Å². The lowest BCUT2D eigenvalue weighted by atomic mass is 9.43. The Hall–Kier alpha value is -1.63. The molecular formula is C36H56O7. The largest absolute Gasteiger partial charge is 0.459 e. The Morgan fingerprint density at radius 1 is 0.953 bits per heavy atom. The van der Waals surface area contributed by atoms with E-state index in [1.165, 1.54) is 6.92 Å². The molecule has 0 aromatic heterocycles. The van der Waals surface area contributed by atoms with Gasteiger partial charge in [-0.2, -0.15) is 0 Å². The van der Waals surface area contributed by atoms with Gasteiger partial charge in [0, 0.05) is 12.3 Å². The number of carbonyl (C=O) groups excluding carboxylic acids is 3. The standard InChI is InChI=1S/C36H56O7/c1-8-20(5)32(38)41-28-17-23-10-11-24-25(35(23,7)18-30(28)40-21(6)37)14-15-36-26(24)12-13-27(36)31-29(16-22(9-2)19(3)4)42-34(36)43-33(31)39/h19-20,22-31,34H,8-18H2,1-7H3/t20?,22-,23+,24-,25+,26+,27-,28+,29-,30-,31+,34-,35+,36-/m1/s1. The van der Waals surface area contributed by atoms with Crippen molar-refractivity contribution in [3.8, 4) is 0 Å². The van der Waals surface area contributed by atoms with E-state index in [9.17, 15) is 14.4 Å². The van der Waals surface area contributed by atoms with Gasteiger partial charge in [-0.1, -0.05) is 48.0 Å². The summed E-state index contributed by atoms with van der Waals surface area (Å²) >= 11 is 0. The molecule has 7 nitrogen and oxygen atoms in total. The van der Waals surface area contributed by atoms with Crippen molar-refractivity contribution >= 4 is 17.9 Å². The molecule has 43 heavy (non-hydrogen) atoms. The molecule has 0 N–H and O–H groups in total. The molecule has 0 amide bonds. The molecule has 7 rings (SSSR count). The third kappa shape index (κ3) is 4.97. The first-order valence-corrected chi connectivity index (χ1v) is 17.7. The number of fused-ring (bicyclic) bond motifs is 6. The lowest BCUT2D eigenvalue weighted by molar-refractivity contribution is -0.339. The zero-order valence-corrected chi connectivity index (χ0v) is 27.6. The number of esters is 3. The highest BCUT2D eigenvalue weighted by Gasteiger charge is 2.72. The molecule has 242 valence electrons. The summed E-state index contributed by atoms with van der Waals surface area (Å²) in [6.45, 7) is 14.6. The van der Waals surface area contributed by atoms with Gasteiger partial charge < -0.3 is 18.9 Å². The third-order valence-electron chi connectivity index (χ3n) is 14.0. The van der Waals surface area contributed by atoms with Crippen LogP contribution in [0.5, 0.6) is 0 Å². The molecule has 0 radical (unpaired) electrons. The summed E-state index contributed by atoms with van der Waals surface area (Å²) < 4.78 is 24.9. The normalized spacial score (nSPS) is 46.1. The molecule has 3 heterocycles. The molecule has 7 fully saturated rings. The molecule has 7 aliphatic rings. The Bertz CT molecular complexity index is 1090. The van der Waals surface area contributed by atoms with Gasteiger partial charge >= 0.3 is 17.9 Å². The predicted molar refractivity (Wildman–Crippen MR) is 161 cm³/mol. The average Bonchev–Trinajstić information content (AvgIpc) is 3.37. The van der Waals surface area contributed by atoms with Crippen molar-refractivity contribution in [2.45, 2.75) is 144 Å². The zero-order valence-electron chi connectivity index (χ0n) is 27.6. The van der Waals surface area contributed by atoms with Crippen LogP contribution in [0.15, 0.2) is 0 Å². The summed E-state index contributed by atoms with van der Waals surface area (Å²) in [6.07, 6.45) is 9.75. The second-order valence-electron chi connectivity index (χ2n) is 16.0. The van der Waals surface area contributed by atoms with Crippen LogP contribution in [0.1, 0.15) is 119 Å². The van der Waals surface area contributed by atoms with Gasteiger partial charge in [-0.25, -0.2) is 0 Å². The molecule has 7 heteroatoms.